The number of amides is 2. The van der Waals surface area contributed by atoms with Crippen LogP contribution < -0.4 is 0 Å². The predicted molar refractivity (Wildman–Crippen MR) is 52.1 cm³/mol. The monoisotopic (exact) mass is 207 g/mol. The van der Waals surface area contributed by atoms with E-state index in [0.29, 0.717) is 0 Å². The largest absolute Gasteiger partial charge is 0.463 e. The average molecular weight is 207 g/mol. The van der Waals surface area contributed by atoms with Crippen molar-refractivity contribution < 1.29 is 19.9 Å². The number of carbonyl (C=O) groups is 2. The second kappa shape index (κ2) is 4.92. The molecule has 0 radical (unpaired) electrons. The summed E-state index contributed by atoms with van der Waals surface area (Å²) in [6.07, 6.45) is 0.676. The van der Waals surface area contributed by atoms with E-state index in [2.05, 4.69) is 0 Å². The van der Waals surface area contributed by atoms with Gasteiger partial charge >= 0.3 is 6.09 Å². The lowest BCUT2D eigenvalue weighted by Gasteiger charge is -2.04. The second-order valence-electron chi connectivity index (χ2n) is 2.68. The molecule has 1 aromatic rings. The van der Waals surface area contributed by atoms with E-state index in [1.54, 1.807) is 24.3 Å². The molecule has 0 atom stereocenters. The van der Waals surface area contributed by atoms with E-state index in [1.165, 1.54) is 6.08 Å². The van der Waals surface area contributed by atoms with Crippen LogP contribution in [0.3, 0.4) is 0 Å². The quantitative estimate of drug-likeness (QED) is 0.438. The van der Waals surface area contributed by atoms with Crippen LogP contribution in [0.4, 0.5) is 4.79 Å². The Morgan fingerprint density at radius 3 is 2.33 bits per heavy atom. The zero-order chi connectivity index (χ0) is 11.3. The molecular formula is C10H9NO4. The van der Waals surface area contributed by atoms with Crippen molar-refractivity contribution in [2.75, 3.05) is 0 Å². The van der Waals surface area contributed by atoms with Gasteiger partial charge in [0.05, 0.1) is 0 Å². The molecule has 0 heterocycles. The number of hydrogen-bond acceptors (Lipinski definition) is 3. The number of rotatable bonds is 2. The Morgan fingerprint density at radius 2 is 1.80 bits per heavy atom. The summed E-state index contributed by atoms with van der Waals surface area (Å²) < 4.78 is 0. The van der Waals surface area contributed by atoms with Gasteiger partial charge in [-0.1, -0.05) is 30.3 Å². The van der Waals surface area contributed by atoms with Gasteiger partial charge in [0.25, 0.3) is 5.91 Å². The fourth-order valence-corrected chi connectivity index (χ4v) is 0.897. The molecule has 0 aliphatic rings. The Morgan fingerprint density at radius 1 is 1.20 bits per heavy atom. The molecule has 15 heavy (non-hydrogen) atoms. The molecule has 5 nitrogen and oxygen atoms in total. The summed E-state index contributed by atoms with van der Waals surface area (Å²) in [7, 11) is 0. The zero-order valence-corrected chi connectivity index (χ0v) is 7.70. The van der Waals surface area contributed by atoms with E-state index < -0.39 is 12.0 Å². The normalized spacial score (nSPS) is 10.2. The van der Waals surface area contributed by atoms with Gasteiger partial charge in [-0.25, -0.2) is 4.79 Å². The van der Waals surface area contributed by atoms with Crippen LogP contribution in [0.1, 0.15) is 5.56 Å². The summed E-state index contributed by atoms with van der Waals surface area (Å²) in [5, 5.41) is 16.6. The Hall–Kier alpha value is -2.14. The number of carbonyl (C=O) groups excluding carboxylic acids is 1. The molecule has 0 aliphatic carbocycles. The maximum absolute atomic E-state index is 11.0. The molecule has 0 saturated carbocycles. The third kappa shape index (κ3) is 3.24. The first kappa shape index (κ1) is 10.9. The summed E-state index contributed by atoms with van der Waals surface area (Å²) in [6, 6.07) is 8.85. The molecule has 0 aliphatic heterocycles. The number of benzene rings is 1. The second-order valence-corrected chi connectivity index (χ2v) is 2.68. The van der Waals surface area contributed by atoms with Crippen LogP contribution in [0.5, 0.6) is 0 Å². The van der Waals surface area contributed by atoms with Crippen LogP contribution in [0.15, 0.2) is 36.4 Å². The van der Waals surface area contributed by atoms with E-state index >= 15 is 0 Å². The minimum atomic E-state index is -1.71. The van der Waals surface area contributed by atoms with Crippen molar-refractivity contribution in [2.45, 2.75) is 0 Å². The van der Waals surface area contributed by atoms with Crippen LogP contribution in [0.2, 0.25) is 0 Å². The molecule has 0 aromatic heterocycles. The van der Waals surface area contributed by atoms with Gasteiger partial charge in [-0.15, -0.1) is 5.06 Å². The van der Waals surface area contributed by atoms with Crippen molar-refractivity contribution in [3.8, 4) is 0 Å². The van der Waals surface area contributed by atoms with E-state index in [1.807, 2.05) is 6.07 Å². The van der Waals surface area contributed by atoms with Gasteiger partial charge in [0, 0.05) is 6.08 Å². The van der Waals surface area contributed by atoms with Crippen LogP contribution >= 0.6 is 0 Å². The minimum Gasteiger partial charge on any atom is -0.463 e. The molecule has 78 valence electrons. The summed E-state index contributed by atoms with van der Waals surface area (Å²) in [5.41, 5.74) is 0.740. The Labute approximate surface area is 85.8 Å². The topological polar surface area (TPSA) is 77.8 Å². The van der Waals surface area contributed by atoms with Gasteiger partial charge in [0.1, 0.15) is 0 Å². The Kier molecular flexibility index (Phi) is 3.59. The van der Waals surface area contributed by atoms with Gasteiger partial charge in [-0.2, -0.15) is 0 Å². The molecular weight excluding hydrogens is 198 g/mol. The van der Waals surface area contributed by atoms with Crippen LogP contribution in [0.25, 0.3) is 6.08 Å². The van der Waals surface area contributed by atoms with Gasteiger partial charge in [0.15, 0.2) is 0 Å². The highest BCUT2D eigenvalue weighted by Gasteiger charge is 2.14. The summed E-state index contributed by atoms with van der Waals surface area (Å²) in [6.45, 7) is 0. The maximum Gasteiger partial charge on any atom is 0.439 e. The molecule has 0 unspecified atom stereocenters. The first-order valence-electron chi connectivity index (χ1n) is 4.10. The summed E-state index contributed by atoms with van der Waals surface area (Å²) in [5.74, 6) is -1.01. The lowest BCUT2D eigenvalue weighted by atomic mass is 10.2. The smallest absolute Gasteiger partial charge is 0.439 e. The summed E-state index contributed by atoms with van der Waals surface area (Å²) >= 11 is 0. The molecule has 1 rings (SSSR count). The molecule has 1 aromatic carbocycles. The van der Waals surface area contributed by atoms with Crippen LogP contribution in [-0.2, 0) is 4.79 Å². The minimum absolute atomic E-state index is 0.376. The van der Waals surface area contributed by atoms with Crippen molar-refractivity contribution in [3.63, 3.8) is 0 Å². The van der Waals surface area contributed by atoms with E-state index in [4.69, 9.17) is 10.3 Å². The number of imide groups is 1. The maximum atomic E-state index is 11.0. The third-order valence-corrected chi connectivity index (χ3v) is 1.61. The van der Waals surface area contributed by atoms with Crippen LogP contribution in [-0.4, -0.2) is 27.4 Å². The number of hydrogen-bond donors (Lipinski definition) is 2. The van der Waals surface area contributed by atoms with Gasteiger partial charge in [0.2, 0.25) is 0 Å². The summed E-state index contributed by atoms with van der Waals surface area (Å²) in [4.78, 5) is 21.1. The standard InChI is InChI=1S/C10H9NO4/c12-9(11(15)10(13)14)7-6-8-4-2-1-3-5-8/h1-7,15H,(H,13,14). The van der Waals surface area contributed by atoms with E-state index in [-0.39, 0.29) is 5.06 Å². The number of hydroxylamine groups is 2. The van der Waals surface area contributed by atoms with Gasteiger partial charge in [-0.3, -0.25) is 10.0 Å². The zero-order valence-electron chi connectivity index (χ0n) is 7.70. The molecule has 0 bridgehead atoms. The first-order chi connectivity index (χ1) is 7.11. The van der Waals surface area contributed by atoms with E-state index in [9.17, 15) is 9.59 Å². The highest BCUT2D eigenvalue weighted by molar-refractivity contribution is 5.99. The molecule has 0 spiro atoms. The highest BCUT2D eigenvalue weighted by atomic mass is 16.6. The SMILES string of the molecule is O=C(O)N(O)C(=O)C=Cc1ccccc1. The van der Waals surface area contributed by atoms with Crippen molar-refractivity contribution in [3.05, 3.63) is 42.0 Å². The molecule has 2 amide bonds. The van der Waals surface area contributed by atoms with Crippen molar-refractivity contribution in [1.82, 2.24) is 5.06 Å². The number of nitrogens with zero attached hydrogens (tertiary/aromatic N) is 1. The molecule has 0 fully saturated rings. The third-order valence-electron chi connectivity index (χ3n) is 1.61. The van der Waals surface area contributed by atoms with Crippen molar-refractivity contribution in [1.29, 1.82) is 0 Å². The molecule has 5 heteroatoms. The Balaban J connectivity index is 2.67. The van der Waals surface area contributed by atoms with Crippen molar-refractivity contribution >= 4 is 18.1 Å². The van der Waals surface area contributed by atoms with Gasteiger partial charge in [-0.05, 0) is 11.6 Å². The van der Waals surface area contributed by atoms with Crippen molar-refractivity contribution in [2.24, 2.45) is 0 Å². The van der Waals surface area contributed by atoms with Crippen LogP contribution in [0, 0.1) is 0 Å². The van der Waals surface area contributed by atoms with E-state index in [0.717, 1.165) is 11.6 Å². The fraction of sp³-hybridized carbons (Fsp3) is 0. The lowest BCUT2D eigenvalue weighted by Crippen LogP contribution is -2.30. The fourth-order valence-electron chi connectivity index (χ4n) is 0.897. The highest BCUT2D eigenvalue weighted by Crippen LogP contribution is 2.01. The number of carboxylic acid groups (broad SMARTS) is 1. The van der Waals surface area contributed by atoms with Gasteiger partial charge < -0.3 is 5.11 Å². The first-order valence-corrected chi connectivity index (χ1v) is 4.10. The molecule has 0 saturated heterocycles. The molecule has 2 N–H and O–H groups in total. The Bertz CT molecular complexity index is 386. The predicted octanol–water partition coefficient (Wildman–Crippen LogP) is 1.60. The average Bonchev–Trinajstić information content (AvgIpc) is 2.26. The lowest BCUT2D eigenvalue weighted by molar-refractivity contribution is -0.149.